The monoisotopic (exact) mass is 309 g/mol. The van der Waals surface area contributed by atoms with E-state index in [0.717, 1.165) is 39.3 Å². The lowest BCUT2D eigenvalue weighted by molar-refractivity contribution is -0.153. The maximum atomic E-state index is 12.0. The van der Waals surface area contributed by atoms with Gasteiger partial charge in [0.25, 0.3) is 0 Å². The summed E-state index contributed by atoms with van der Waals surface area (Å²) in [6, 6.07) is 0. The van der Waals surface area contributed by atoms with Crippen LogP contribution in [0.5, 0.6) is 0 Å². The molecule has 1 aliphatic rings. The van der Waals surface area contributed by atoms with E-state index < -0.39 is 5.41 Å². The van der Waals surface area contributed by atoms with Crippen LogP contribution in [0, 0.1) is 5.41 Å². The Morgan fingerprint density at radius 1 is 1.47 bits per heavy atom. The van der Waals surface area contributed by atoms with Gasteiger partial charge in [0.15, 0.2) is 0 Å². The molecule has 1 unspecified atom stereocenters. The van der Waals surface area contributed by atoms with E-state index in [-0.39, 0.29) is 14.0 Å². The van der Waals surface area contributed by atoms with E-state index in [1.807, 2.05) is 13.8 Å². The van der Waals surface area contributed by atoms with Crippen LogP contribution in [0.4, 0.5) is 0 Å². The Morgan fingerprint density at radius 2 is 2.16 bits per heavy atom. The second-order valence-corrected chi connectivity index (χ2v) is 7.46. The zero-order valence-electron chi connectivity index (χ0n) is 11.7. The van der Waals surface area contributed by atoms with Crippen molar-refractivity contribution in [2.24, 2.45) is 5.41 Å². The molecule has 1 aliphatic heterocycles. The normalized spacial score (nSPS) is 18.1. The highest BCUT2D eigenvalue weighted by atomic mass is 32.7. The first kappa shape index (κ1) is 17.2. The molecule has 0 aliphatic carbocycles. The molecule has 5 nitrogen and oxygen atoms in total. The molecule has 0 bridgehead atoms. The number of carbonyl (C=O) groups excluding carboxylic acids is 1. The molecule has 0 spiro atoms. The van der Waals surface area contributed by atoms with E-state index in [1.165, 1.54) is 11.4 Å². The smallest absolute Gasteiger partial charge is 0.311 e. The molecule has 1 rings (SSSR count). The van der Waals surface area contributed by atoms with E-state index in [2.05, 4.69) is 4.90 Å². The summed E-state index contributed by atoms with van der Waals surface area (Å²) in [5, 5.41) is 0. The molecule has 0 aromatic heterocycles. The van der Waals surface area contributed by atoms with Gasteiger partial charge in [-0.25, -0.2) is 0 Å². The number of carbonyl (C=O) groups is 1. The summed E-state index contributed by atoms with van der Waals surface area (Å²) >= 11 is 1.38. The third-order valence-corrected chi connectivity index (χ3v) is 4.69. The molecule has 1 heterocycles. The summed E-state index contributed by atoms with van der Waals surface area (Å²) in [4.78, 5) is 22.9. The van der Waals surface area contributed by atoms with Gasteiger partial charge in [0, 0.05) is 18.8 Å². The van der Waals surface area contributed by atoms with E-state index in [0.29, 0.717) is 12.4 Å². The molecule has 1 N–H and O–H groups in total. The van der Waals surface area contributed by atoms with Crippen LogP contribution in [0.2, 0.25) is 0 Å². The fourth-order valence-electron chi connectivity index (χ4n) is 1.78. The van der Waals surface area contributed by atoms with Crippen LogP contribution in [0.25, 0.3) is 0 Å². The molecule has 0 aromatic carbocycles. The van der Waals surface area contributed by atoms with Gasteiger partial charge in [0.05, 0.1) is 26.6 Å². The largest absolute Gasteiger partial charge is 0.464 e. The minimum absolute atomic E-state index is 0.142. The van der Waals surface area contributed by atoms with E-state index in [9.17, 15) is 4.79 Å². The molecule has 1 atom stereocenters. The SMILES string of the molecule is CC(C)(CCN1CCOCC1)C(=O)OCCSPO. The number of hydrogen-bond acceptors (Lipinski definition) is 6. The summed E-state index contributed by atoms with van der Waals surface area (Å²) in [6.07, 6.45) is 0.792. The van der Waals surface area contributed by atoms with Crippen molar-refractivity contribution in [2.75, 3.05) is 45.2 Å². The lowest BCUT2D eigenvalue weighted by Crippen LogP contribution is -2.39. The lowest BCUT2D eigenvalue weighted by atomic mass is 9.89. The summed E-state index contributed by atoms with van der Waals surface area (Å²) in [7, 11) is -0.142. The number of morpholine rings is 1. The summed E-state index contributed by atoms with van der Waals surface area (Å²) < 4.78 is 10.5. The highest BCUT2D eigenvalue weighted by Gasteiger charge is 2.29. The predicted octanol–water partition coefficient (Wildman–Crippen LogP) is 1.51. The molecular weight excluding hydrogens is 285 g/mol. The van der Waals surface area contributed by atoms with Crippen molar-refractivity contribution in [3.8, 4) is 0 Å². The third kappa shape index (κ3) is 6.91. The Kier molecular flexibility index (Phi) is 8.26. The van der Waals surface area contributed by atoms with Crippen LogP contribution >= 0.6 is 19.4 Å². The first-order valence-corrected chi connectivity index (χ1v) is 9.20. The Hall–Kier alpha value is 0.130. The second kappa shape index (κ2) is 9.14. The topological polar surface area (TPSA) is 59.0 Å². The van der Waals surface area contributed by atoms with Gasteiger partial charge in [0.1, 0.15) is 6.61 Å². The quantitative estimate of drug-likeness (QED) is 0.417. The van der Waals surface area contributed by atoms with Crippen LogP contribution in [0.3, 0.4) is 0 Å². The minimum Gasteiger partial charge on any atom is -0.464 e. The number of esters is 1. The number of nitrogens with zero attached hydrogens (tertiary/aromatic N) is 1. The molecular formula is C12H24NO4PS. The van der Waals surface area contributed by atoms with Gasteiger partial charge in [-0.15, -0.1) is 11.4 Å². The average molecular weight is 309 g/mol. The Morgan fingerprint density at radius 3 is 2.79 bits per heavy atom. The molecule has 1 fully saturated rings. The highest BCUT2D eigenvalue weighted by Crippen LogP contribution is 2.25. The molecule has 19 heavy (non-hydrogen) atoms. The maximum absolute atomic E-state index is 12.0. The van der Waals surface area contributed by atoms with Crippen molar-refractivity contribution in [1.82, 2.24) is 4.90 Å². The molecule has 1 saturated heterocycles. The molecule has 7 heteroatoms. The van der Waals surface area contributed by atoms with Crippen molar-refractivity contribution in [3.63, 3.8) is 0 Å². The van der Waals surface area contributed by atoms with Crippen LogP contribution in [0.15, 0.2) is 0 Å². The molecule has 112 valence electrons. The van der Waals surface area contributed by atoms with Crippen LogP contribution < -0.4 is 0 Å². The zero-order valence-corrected chi connectivity index (χ0v) is 13.5. The summed E-state index contributed by atoms with van der Waals surface area (Å²) in [6.45, 7) is 8.58. The van der Waals surface area contributed by atoms with Gasteiger partial charge in [-0.3, -0.25) is 9.69 Å². The fraction of sp³-hybridized carbons (Fsp3) is 0.917. The standard InChI is InChI=1S/C12H24NO4PS/c1-12(2,11(14)17-9-10-19-18-15)3-4-13-5-7-16-8-6-13/h15,18H,3-10H2,1-2H3. The first-order chi connectivity index (χ1) is 9.06. The number of rotatable bonds is 8. The Bertz CT molecular complexity index is 272. The average Bonchev–Trinajstić information content (AvgIpc) is 2.42. The summed E-state index contributed by atoms with van der Waals surface area (Å²) in [5.74, 6) is 0.503. The minimum atomic E-state index is -0.454. The number of hydrogen-bond donors (Lipinski definition) is 1. The van der Waals surface area contributed by atoms with Gasteiger partial charge in [-0.1, -0.05) is 0 Å². The lowest BCUT2D eigenvalue weighted by Gasteiger charge is -2.30. The van der Waals surface area contributed by atoms with Crippen molar-refractivity contribution in [2.45, 2.75) is 20.3 Å². The zero-order chi connectivity index (χ0) is 14.1. The van der Waals surface area contributed by atoms with Gasteiger partial charge in [0.2, 0.25) is 0 Å². The summed E-state index contributed by atoms with van der Waals surface area (Å²) in [5.41, 5.74) is -0.454. The van der Waals surface area contributed by atoms with Gasteiger partial charge in [-0.2, -0.15) is 0 Å². The van der Waals surface area contributed by atoms with E-state index in [1.54, 1.807) is 0 Å². The predicted molar refractivity (Wildman–Crippen MR) is 79.6 cm³/mol. The molecule has 0 amide bonds. The highest BCUT2D eigenvalue weighted by molar-refractivity contribution is 8.47. The van der Waals surface area contributed by atoms with E-state index in [4.69, 9.17) is 14.4 Å². The van der Waals surface area contributed by atoms with Gasteiger partial charge >= 0.3 is 5.97 Å². The van der Waals surface area contributed by atoms with Crippen molar-refractivity contribution >= 4 is 25.4 Å². The number of ether oxygens (including phenoxy) is 2. The first-order valence-electron chi connectivity index (χ1n) is 6.54. The van der Waals surface area contributed by atoms with Crippen molar-refractivity contribution in [3.05, 3.63) is 0 Å². The molecule has 0 saturated carbocycles. The van der Waals surface area contributed by atoms with Crippen LogP contribution in [-0.2, 0) is 14.3 Å². The molecule has 0 radical (unpaired) electrons. The van der Waals surface area contributed by atoms with Crippen molar-refractivity contribution in [1.29, 1.82) is 0 Å². The fourth-order valence-corrected chi connectivity index (χ4v) is 2.56. The van der Waals surface area contributed by atoms with Crippen molar-refractivity contribution < 1.29 is 19.2 Å². The van der Waals surface area contributed by atoms with Crippen LogP contribution in [0.1, 0.15) is 20.3 Å². The Labute approximate surface area is 121 Å². The van der Waals surface area contributed by atoms with Gasteiger partial charge < -0.3 is 14.4 Å². The van der Waals surface area contributed by atoms with Crippen LogP contribution in [-0.4, -0.2) is 61.0 Å². The third-order valence-electron chi connectivity index (χ3n) is 3.19. The Balaban J connectivity index is 2.22. The maximum Gasteiger partial charge on any atom is 0.311 e. The van der Waals surface area contributed by atoms with E-state index >= 15 is 0 Å². The molecule has 0 aromatic rings. The van der Waals surface area contributed by atoms with Gasteiger partial charge in [-0.05, 0) is 26.8 Å². The second-order valence-electron chi connectivity index (χ2n) is 5.16.